The quantitative estimate of drug-likeness (QED) is 0.685. The molecule has 1 heterocycles. The molecule has 0 amide bonds. The van der Waals surface area contributed by atoms with Crippen molar-refractivity contribution in [1.29, 1.82) is 0 Å². The van der Waals surface area contributed by atoms with E-state index in [1.54, 1.807) is 31.2 Å². The van der Waals surface area contributed by atoms with Crippen LogP contribution in [0.2, 0.25) is 0 Å². The number of rotatable bonds is 4. The topological polar surface area (TPSA) is 71.7 Å². The Morgan fingerprint density at radius 1 is 1.26 bits per heavy atom. The average Bonchev–Trinajstić information content (AvgIpc) is 2.90. The maximum atomic E-state index is 12.0. The van der Waals surface area contributed by atoms with Gasteiger partial charge in [-0.3, -0.25) is 0 Å². The highest BCUT2D eigenvalue weighted by atomic mass is 79.9. The van der Waals surface area contributed by atoms with Crippen LogP contribution in [0.4, 0.5) is 0 Å². The minimum absolute atomic E-state index is 0.145. The van der Waals surface area contributed by atoms with E-state index in [1.807, 2.05) is 0 Å². The Balaban J connectivity index is 2.18. The lowest BCUT2D eigenvalue weighted by molar-refractivity contribution is 0.556. The second-order valence-corrected chi connectivity index (χ2v) is 6.30. The highest BCUT2D eigenvalue weighted by molar-refractivity contribution is 9.10. The fourth-order valence-corrected chi connectivity index (χ4v) is 2.46. The first kappa shape index (κ1) is 13.8. The summed E-state index contributed by atoms with van der Waals surface area (Å²) in [7, 11) is -3.66. The standard InChI is InChI=1S/C12H11BrN2O3S/c1-9(12-3-2-8-18-12)14-15-19(16,17)11-6-4-10(13)5-7-11/h2-8,15H,1H3. The molecule has 1 N–H and O–H groups in total. The largest absolute Gasteiger partial charge is 0.463 e. The van der Waals surface area contributed by atoms with Gasteiger partial charge in [-0.15, -0.1) is 0 Å². The van der Waals surface area contributed by atoms with Gasteiger partial charge < -0.3 is 4.42 Å². The van der Waals surface area contributed by atoms with Crippen molar-refractivity contribution >= 4 is 31.7 Å². The molecule has 0 bridgehead atoms. The Hall–Kier alpha value is -1.60. The summed E-state index contributed by atoms with van der Waals surface area (Å²) in [5, 5.41) is 3.81. The molecule has 2 aromatic rings. The van der Waals surface area contributed by atoms with Crippen LogP contribution in [-0.2, 0) is 10.0 Å². The van der Waals surface area contributed by atoms with E-state index in [1.165, 1.54) is 18.4 Å². The van der Waals surface area contributed by atoms with Gasteiger partial charge in [0.1, 0.15) is 11.5 Å². The highest BCUT2D eigenvalue weighted by Gasteiger charge is 2.13. The summed E-state index contributed by atoms with van der Waals surface area (Å²) < 4.78 is 29.8. The van der Waals surface area contributed by atoms with Gasteiger partial charge in [-0.1, -0.05) is 15.9 Å². The summed E-state index contributed by atoms with van der Waals surface area (Å²) in [4.78, 5) is 2.31. The van der Waals surface area contributed by atoms with Crippen LogP contribution in [0.5, 0.6) is 0 Å². The molecular weight excluding hydrogens is 332 g/mol. The molecule has 19 heavy (non-hydrogen) atoms. The molecule has 5 nitrogen and oxygen atoms in total. The fraction of sp³-hybridized carbons (Fsp3) is 0.0833. The van der Waals surface area contributed by atoms with Crippen LogP contribution in [0.25, 0.3) is 0 Å². The van der Waals surface area contributed by atoms with Gasteiger partial charge >= 0.3 is 0 Å². The first-order valence-electron chi connectivity index (χ1n) is 5.34. The molecule has 0 radical (unpaired) electrons. The Morgan fingerprint density at radius 3 is 2.53 bits per heavy atom. The van der Waals surface area contributed by atoms with E-state index < -0.39 is 10.0 Å². The Labute approximate surface area is 119 Å². The summed E-state index contributed by atoms with van der Waals surface area (Å²) in [6.45, 7) is 1.66. The van der Waals surface area contributed by atoms with E-state index >= 15 is 0 Å². The third-order valence-electron chi connectivity index (χ3n) is 2.34. The van der Waals surface area contributed by atoms with Crippen LogP contribution in [0.1, 0.15) is 12.7 Å². The van der Waals surface area contributed by atoms with Crippen molar-refractivity contribution < 1.29 is 12.8 Å². The van der Waals surface area contributed by atoms with Crippen molar-refractivity contribution in [1.82, 2.24) is 4.83 Å². The monoisotopic (exact) mass is 342 g/mol. The Morgan fingerprint density at radius 2 is 1.95 bits per heavy atom. The number of hydrogen-bond donors (Lipinski definition) is 1. The predicted octanol–water partition coefficient (Wildman–Crippen LogP) is 2.74. The van der Waals surface area contributed by atoms with Gasteiger partial charge in [0, 0.05) is 4.47 Å². The van der Waals surface area contributed by atoms with Crippen molar-refractivity contribution in [3.63, 3.8) is 0 Å². The van der Waals surface area contributed by atoms with Crippen molar-refractivity contribution in [2.75, 3.05) is 0 Å². The normalized spacial score (nSPS) is 12.4. The SMILES string of the molecule is CC(=NNS(=O)(=O)c1ccc(Br)cc1)c1ccco1. The predicted molar refractivity (Wildman–Crippen MR) is 75.4 cm³/mol. The molecule has 2 rings (SSSR count). The molecule has 0 aliphatic rings. The number of halogens is 1. The number of hydrogen-bond acceptors (Lipinski definition) is 4. The summed E-state index contributed by atoms with van der Waals surface area (Å²) >= 11 is 3.25. The minimum Gasteiger partial charge on any atom is -0.463 e. The van der Waals surface area contributed by atoms with Crippen LogP contribution < -0.4 is 4.83 Å². The zero-order valence-electron chi connectivity index (χ0n) is 10.00. The number of furan rings is 1. The van der Waals surface area contributed by atoms with E-state index in [9.17, 15) is 8.42 Å². The molecule has 0 fully saturated rings. The van der Waals surface area contributed by atoms with E-state index in [0.717, 1.165) is 4.47 Å². The zero-order valence-corrected chi connectivity index (χ0v) is 12.4. The molecule has 0 unspecified atom stereocenters. The van der Waals surface area contributed by atoms with E-state index in [2.05, 4.69) is 25.9 Å². The maximum absolute atomic E-state index is 12.0. The molecular formula is C12H11BrN2O3S. The van der Waals surface area contributed by atoms with Crippen molar-refractivity contribution in [2.45, 2.75) is 11.8 Å². The lowest BCUT2D eigenvalue weighted by Crippen LogP contribution is -2.19. The molecule has 0 saturated carbocycles. The number of nitrogens with zero attached hydrogens (tertiary/aromatic N) is 1. The second-order valence-electron chi connectivity index (χ2n) is 3.72. The molecule has 0 saturated heterocycles. The summed E-state index contributed by atoms with van der Waals surface area (Å²) in [5.41, 5.74) is 0.450. The first-order chi connectivity index (χ1) is 8.99. The van der Waals surface area contributed by atoms with Gasteiger partial charge in [-0.25, -0.2) is 0 Å². The fourth-order valence-electron chi connectivity index (χ4n) is 1.33. The van der Waals surface area contributed by atoms with Gasteiger partial charge in [0.15, 0.2) is 0 Å². The van der Waals surface area contributed by atoms with E-state index in [-0.39, 0.29) is 4.90 Å². The highest BCUT2D eigenvalue weighted by Crippen LogP contribution is 2.14. The number of benzene rings is 1. The van der Waals surface area contributed by atoms with Gasteiger partial charge in [-0.2, -0.15) is 18.4 Å². The maximum Gasteiger partial charge on any atom is 0.276 e. The van der Waals surface area contributed by atoms with Gasteiger partial charge in [0.2, 0.25) is 0 Å². The minimum atomic E-state index is -3.66. The number of nitrogens with one attached hydrogen (secondary N) is 1. The van der Waals surface area contributed by atoms with E-state index in [0.29, 0.717) is 11.5 Å². The summed E-state index contributed by atoms with van der Waals surface area (Å²) in [6, 6.07) is 9.69. The van der Waals surface area contributed by atoms with Crippen LogP contribution in [0, 0.1) is 0 Å². The van der Waals surface area contributed by atoms with Crippen LogP contribution >= 0.6 is 15.9 Å². The first-order valence-corrected chi connectivity index (χ1v) is 7.62. The molecule has 100 valence electrons. The molecule has 1 aromatic carbocycles. The zero-order chi connectivity index (χ0) is 13.9. The summed E-state index contributed by atoms with van der Waals surface area (Å²) in [6.07, 6.45) is 1.50. The van der Waals surface area contributed by atoms with Crippen molar-refractivity contribution in [3.8, 4) is 0 Å². The van der Waals surface area contributed by atoms with Crippen LogP contribution in [-0.4, -0.2) is 14.1 Å². The van der Waals surface area contributed by atoms with Gasteiger partial charge in [0.05, 0.1) is 11.2 Å². The van der Waals surface area contributed by atoms with E-state index in [4.69, 9.17) is 4.42 Å². The molecule has 7 heteroatoms. The molecule has 0 aliphatic heterocycles. The lowest BCUT2D eigenvalue weighted by Gasteiger charge is -2.04. The van der Waals surface area contributed by atoms with Gasteiger partial charge in [-0.05, 0) is 43.3 Å². The van der Waals surface area contributed by atoms with Crippen LogP contribution in [0.3, 0.4) is 0 Å². The van der Waals surface area contributed by atoms with Gasteiger partial charge in [0.25, 0.3) is 10.0 Å². The Kier molecular flexibility index (Phi) is 4.06. The Bertz CT molecular complexity index is 676. The lowest BCUT2D eigenvalue weighted by atomic mass is 10.3. The number of sulfonamides is 1. The average molecular weight is 343 g/mol. The molecule has 0 spiro atoms. The number of hydrazone groups is 1. The third-order valence-corrected chi connectivity index (χ3v) is 4.09. The van der Waals surface area contributed by atoms with Crippen LogP contribution in [0.15, 0.2) is 61.5 Å². The molecule has 0 aliphatic carbocycles. The smallest absolute Gasteiger partial charge is 0.276 e. The van der Waals surface area contributed by atoms with Crippen molar-refractivity contribution in [3.05, 3.63) is 52.9 Å². The molecule has 1 aromatic heterocycles. The third kappa shape index (κ3) is 3.45. The van der Waals surface area contributed by atoms with Crippen molar-refractivity contribution in [2.24, 2.45) is 5.10 Å². The molecule has 0 atom stereocenters. The summed E-state index contributed by atoms with van der Waals surface area (Å²) in [5.74, 6) is 0.513. The second kappa shape index (κ2) is 5.58.